The molecule has 28 heavy (non-hydrogen) atoms. The first-order valence-corrected chi connectivity index (χ1v) is 9.25. The minimum atomic E-state index is -0.218. The molecule has 0 atom stereocenters. The van der Waals surface area contributed by atoms with E-state index in [4.69, 9.17) is 4.98 Å². The molecule has 140 valence electrons. The summed E-state index contributed by atoms with van der Waals surface area (Å²) in [5.41, 5.74) is 3.76. The average molecular weight is 373 g/mol. The zero-order valence-electron chi connectivity index (χ0n) is 15.6. The van der Waals surface area contributed by atoms with E-state index in [9.17, 15) is 4.79 Å². The van der Waals surface area contributed by atoms with Crippen LogP contribution in [0.15, 0.2) is 36.5 Å². The van der Waals surface area contributed by atoms with Crippen molar-refractivity contribution in [2.24, 2.45) is 0 Å². The van der Waals surface area contributed by atoms with Crippen LogP contribution in [0.25, 0.3) is 16.9 Å². The summed E-state index contributed by atoms with van der Waals surface area (Å²) < 4.78 is 1.71. The molecule has 0 bridgehead atoms. The van der Waals surface area contributed by atoms with E-state index in [1.165, 1.54) is 0 Å². The van der Waals surface area contributed by atoms with Crippen LogP contribution in [-0.2, 0) is 0 Å². The summed E-state index contributed by atoms with van der Waals surface area (Å²) in [6.07, 6.45) is 3.90. The van der Waals surface area contributed by atoms with Gasteiger partial charge in [0.25, 0.3) is 5.91 Å². The molecule has 1 fully saturated rings. The summed E-state index contributed by atoms with van der Waals surface area (Å²) in [6, 6.07) is 9.33. The number of hydrogen-bond acceptors (Lipinski definition) is 5. The first kappa shape index (κ1) is 16.6. The van der Waals surface area contributed by atoms with Gasteiger partial charge in [-0.2, -0.15) is 14.9 Å². The number of carbonyl (C=O) groups excluding carboxylic acids is 1. The molecule has 2 N–H and O–H groups in total. The lowest BCUT2D eigenvalue weighted by Gasteiger charge is -2.08. The van der Waals surface area contributed by atoms with E-state index in [0.29, 0.717) is 28.8 Å². The molecule has 5 rings (SSSR count). The molecule has 0 radical (unpaired) electrons. The van der Waals surface area contributed by atoms with Crippen molar-refractivity contribution in [1.29, 1.82) is 0 Å². The molecule has 8 heteroatoms. The Hall–Kier alpha value is -3.55. The maximum atomic E-state index is 13.1. The topological polar surface area (TPSA) is 101 Å². The van der Waals surface area contributed by atoms with Gasteiger partial charge in [0.05, 0.1) is 16.6 Å². The van der Waals surface area contributed by atoms with Crippen LogP contribution in [0, 0.1) is 13.8 Å². The van der Waals surface area contributed by atoms with Gasteiger partial charge in [-0.25, -0.2) is 9.97 Å². The normalized spacial score (nSPS) is 13.8. The number of pyridine rings is 2. The van der Waals surface area contributed by atoms with Gasteiger partial charge in [-0.1, -0.05) is 6.07 Å². The molecule has 0 spiro atoms. The predicted octanol–water partition coefficient (Wildman–Crippen LogP) is 3.29. The van der Waals surface area contributed by atoms with Crippen LogP contribution in [0.2, 0.25) is 0 Å². The number of nitrogens with zero attached hydrogens (tertiary/aromatic N) is 5. The van der Waals surface area contributed by atoms with Crippen LogP contribution in [0.3, 0.4) is 0 Å². The second kappa shape index (κ2) is 6.26. The second-order valence-corrected chi connectivity index (χ2v) is 7.14. The zero-order valence-corrected chi connectivity index (χ0v) is 15.6. The molecule has 8 nitrogen and oxygen atoms in total. The van der Waals surface area contributed by atoms with Crippen LogP contribution in [0.1, 0.15) is 46.2 Å². The number of fused-ring (bicyclic) bond motifs is 1. The number of aryl methyl sites for hydroxylation is 2. The highest BCUT2D eigenvalue weighted by Crippen LogP contribution is 2.40. The summed E-state index contributed by atoms with van der Waals surface area (Å²) in [5.74, 6) is 1.35. The zero-order chi connectivity index (χ0) is 19.3. The largest absolute Gasteiger partial charge is 0.305 e. The molecule has 4 aromatic heterocycles. The van der Waals surface area contributed by atoms with Crippen LogP contribution < -0.4 is 5.32 Å². The van der Waals surface area contributed by atoms with E-state index in [-0.39, 0.29) is 5.91 Å². The van der Waals surface area contributed by atoms with Crippen LogP contribution in [0.4, 0.5) is 5.82 Å². The number of aromatic nitrogens is 6. The third kappa shape index (κ3) is 2.83. The van der Waals surface area contributed by atoms with Crippen molar-refractivity contribution < 1.29 is 4.79 Å². The Labute approximate surface area is 161 Å². The summed E-state index contributed by atoms with van der Waals surface area (Å²) >= 11 is 0. The van der Waals surface area contributed by atoms with Crippen LogP contribution in [-0.4, -0.2) is 35.9 Å². The molecular weight excluding hydrogens is 354 g/mol. The summed E-state index contributed by atoms with van der Waals surface area (Å²) in [5, 5.41) is 15.2. The van der Waals surface area contributed by atoms with Gasteiger partial charge in [-0.3, -0.25) is 9.89 Å². The fourth-order valence-electron chi connectivity index (χ4n) is 3.38. The molecule has 1 aliphatic rings. The van der Waals surface area contributed by atoms with Gasteiger partial charge in [0.15, 0.2) is 17.3 Å². The maximum Gasteiger partial charge on any atom is 0.257 e. The van der Waals surface area contributed by atoms with Crippen molar-refractivity contribution in [1.82, 2.24) is 29.9 Å². The Morgan fingerprint density at radius 2 is 2.11 bits per heavy atom. The Bertz CT molecular complexity index is 1190. The van der Waals surface area contributed by atoms with E-state index in [2.05, 4.69) is 25.6 Å². The standard InChI is InChI=1S/C20H19N7O/c1-11-9-16(25-24-11)23-20(28)14-10-15(13-6-7-13)22-19-18(14)12(2)26-27(19)17-5-3-4-8-21-17/h3-5,8-10,13H,6-7H2,1-2H3,(H2,23,24,25,28). The van der Waals surface area contributed by atoms with Crippen molar-refractivity contribution >= 4 is 22.8 Å². The van der Waals surface area contributed by atoms with Gasteiger partial charge < -0.3 is 5.32 Å². The molecule has 4 heterocycles. The van der Waals surface area contributed by atoms with Gasteiger partial charge in [0.2, 0.25) is 0 Å². The predicted molar refractivity (Wildman–Crippen MR) is 105 cm³/mol. The minimum Gasteiger partial charge on any atom is -0.305 e. The Kier molecular flexibility index (Phi) is 3.71. The average Bonchev–Trinajstić information content (AvgIpc) is 3.40. The molecule has 1 amide bonds. The number of carbonyl (C=O) groups is 1. The Morgan fingerprint density at radius 3 is 2.79 bits per heavy atom. The van der Waals surface area contributed by atoms with Gasteiger partial charge in [0, 0.05) is 29.6 Å². The van der Waals surface area contributed by atoms with E-state index < -0.39 is 0 Å². The minimum absolute atomic E-state index is 0.218. The van der Waals surface area contributed by atoms with E-state index in [1.54, 1.807) is 16.9 Å². The van der Waals surface area contributed by atoms with E-state index in [0.717, 1.165) is 35.3 Å². The summed E-state index contributed by atoms with van der Waals surface area (Å²) in [4.78, 5) is 22.3. The van der Waals surface area contributed by atoms with Crippen molar-refractivity contribution in [3.05, 3.63) is 59.2 Å². The molecule has 1 aliphatic carbocycles. The first-order valence-electron chi connectivity index (χ1n) is 9.25. The summed E-state index contributed by atoms with van der Waals surface area (Å²) in [6.45, 7) is 3.77. The fraction of sp³-hybridized carbons (Fsp3) is 0.250. The van der Waals surface area contributed by atoms with Crippen molar-refractivity contribution in [2.45, 2.75) is 32.6 Å². The summed E-state index contributed by atoms with van der Waals surface area (Å²) in [7, 11) is 0. The monoisotopic (exact) mass is 373 g/mol. The van der Waals surface area contributed by atoms with Gasteiger partial charge >= 0.3 is 0 Å². The van der Waals surface area contributed by atoms with Crippen molar-refractivity contribution in [2.75, 3.05) is 5.32 Å². The number of anilines is 1. The van der Waals surface area contributed by atoms with Crippen molar-refractivity contribution in [3.63, 3.8) is 0 Å². The molecule has 0 saturated heterocycles. The van der Waals surface area contributed by atoms with E-state index in [1.807, 2.05) is 38.1 Å². The van der Waals surface area contributed by atoms with E-state index >= 15 is 0 Å². The van der Waals surface area contributed by atoms with Gasteiger partial charge in [0.1, 0.15) is 0 Å². The fourth-order valence-corrected chi connectivity index (χ4v) is 3.38. The Balaban J connectivity index is 1.67. The molecule has 1 saturated carbocycles. The lowest BCUT2D eigenvalue weighted by atomic mass is 10.1. The third-order valence-electron chi connectivity index (χ3n) is 4.89. The first-order chi connectivity index (χ1) is 13.6. The number of nitrogens with one attached hydrogen (secondary N) is 2. The van der Waals surface area contributed by atoms with Gasteiger partial charge in [-0.15, -0.1) is 0 Å². The maximum absolute atomic E-state index is 13.1. The highest BCUT2D eigenvalue weighted by Gasteiger charge is 2.29. The number of amides is 1. The SMILES string of the molecule is Cc1cc(NC(=O)c2cc(C3CC3)nc3c2c(C)nn3-c2ccccn2)n[nH]1. The van der Waals surface area contributed by atoms with Crippen molar-refractivity contribution in [3.8, 4) is 5.82 Å². The highest BCUT2D eigenvalue weighted by atomic mass is 16.1. The lowest BCUT2D eigenvalue weighted by molar-refractivity contribution is 0.102. The molecule has 4 aromatic rings. The van der Waals surface area contributed by atoms with Gasteiger partial charge in [-0.05, 0) is 44.9 Å². The molecular formula is C20H19N7O. The third-order valence-corrected chi connectivity index (χ3v) is 4.89. The number of H-pyrrole nitrogens is 1. The quantitative estimate of drug-likeness (QED) is 0.572. The number of aromatic amines is 1. The number of rotatable bonds is 4. The molecule has 0 aliphatic heterocycles. The Morgan fingerprint density at radius 1 is 1.25 bits per heavy atom. The van der Waals surface area contributed by atoms with Crippen LogP contribution >= 0.6 is 0 Å². The smallest absolute Gasteiger partial charge is 0.257 e. The molecule has 0 unspecified atom stereocenters. The molecule has 0 aromatic carbocycles. The van der Waals surface area contributed by atoms with Crippen LogP contribution in [0.5, 0.6) is 0 Å². The second-order valence-electron chi connectivity index (χ2n) is 7.14. The highest BCUT2D eigenvalue weighted by molar-refractivity contribution is 6.12. The number of hydrogen-bond donors (Lipinski definition) is 2. The lowest BCUT2D eigenvalue weighted by Crippen LogP contribution is -2.14.